The number of phenols is 1. The molecule has 0 saturated heterocycles. The quantitative estimate of drug-likeness (QED) is 0.459. The third-order valence-electron chi connectivity index (χ3n) is 4.73. The number of aliphatic hydroxyl groups is 1. The Morgan fingerprint density at radius 3 is 2.20 bits per heavy atom. The molecule has 1 unspecified atom stereocenters. The van der Waals surface area contributed by atoms with Crippen LogP contribution in [0.2, 0.25) is 0 Å². The molecule has 2 N–H and O–H groups in total. The van der Waals surface area contributed by atoms with Gasteiger partial charge in [0.25, 0.3) is 0 Å². The van der Waals surface area contributed by atoms with E-state index >= 15 is 0 Å². The molecule has 30 heavy (non-hydrogen) atoms. The van der Waals surface area contributed by atoms with Crippen molar-refractivity contribution in [3.05, 3.63) is 82.9 Å². The standard InChI is InChI=1S/C23H20F4O3/c1-2-3-18(28)17-9-6-14(20(24)22(17)26)12-30-15-7-4-13(5-8-15)16-10-11-19(29)23(27)21(16)25/h4-11,18,28-29H,2-3,12H2,1H3. The number of aliphatic hydroxyl groups excluding tert-OH is 1. The summed E-state index contributed by atoms with van der Waals surface area (Å²) in [5, 5.41) is 19.1. The summed E-state index contributed by atoms with van der Waals surface area (Å²) in [6.07, 6.45) is -0.120. The topological polar surface area (TPSA) is 49.7 Å². The van der Waals surface area contributed by atoms with Crippen LogP contribution in [0.4, 0.5) is 17.6 Å². The minimum absolute atomic E-state index is 0.0179. The lowest BCUT2D eigenvalue weighted by atomic mass is 10.0. The maximum absolute atomic E-state index is 14.3. The van der Waals surface area contributed by atoms with Crippen molar-refractivity contribution in [2.75, 3.05) is 0 Å². The molecular formula is C23H20F4O3. The summed E-state index contributed by atoms with van der Waals surface area (Å²) >= 11 is 0. The average Bonchev–Trinajstić information content (AvgIpc) is 2.74. The number of halogens is 4. The molecular weight excluding hydrogens is 400 g/mol. The van der Waals surface area contributed by atoms with Gasteiger partial charge < -0.3 is 14.9 Å². The van der Waals surface area contributed by atoms with Gasteiger partial charge in [-0.1, -0.05) is 37.6 Å². The lowest BCUT2D eigenvalue weighted by Gasteiger charge is -2.14. The highest BCUT2D eigenvalue weighted by Crippen LogP contribution is 2.31. The fraction of sp³-hybridized carbons (Fsp3) is 0.217. The Bertz CT molecular complexity index is 1040. The van der Waals surface area contributed by atoms with Crippen molar-refractivity contribution in [1.29, 1.82) is 0 Å². The second-order valence-corrected chi connectivity index (χ2v) is 6.82. The molecule has 3 aromatic rings. The Morgan fingerprint density at radius 2 is 1.53 bits per heavy atom. The molecule has 0 saturated carbocycles. The van der Waals surface area contributed by atoms with Gasteiger partial charge >= 0.3 is 0 Å². The average molecular weight is 420 g/mol. The van der Waals surface area contributed by atoms with Crippen molar-refractivity contribution >= 4 is 0 Å². The van der Waals surface area contributed by atoms with E-state index in [1.807, 2.05) is 6.92 Å². The Balaban J connectivity index is 1.73. The Hall–Kier alpha value is -3.06. The van der Waals surface area contributed by atoms with Gasteiger partial charge in [-0.25, -0.2) is 13.2 Å². The summed E-state index contributed by atoms with van der Waals surface area (Å²) in [7, 11) is 0. The summed E-state index contributed by atoms with van der Waals surface area (Å²) in [5.41, 5.74) is 0.206. The first-order valence-electron chi connectivity index (χ1n) is 9.38. The number of hydrogen-bond acceptors (Lipinski definition) is 3. The van der Waals surface area contributed by atoms with Crippen LogP contribution in [-0.2, 0) is 6.61 Å². The van der Waals surface area contributed by atoms with Crippen LogP contribution in [0.15, 0.2) is 48.5 Å². The zero-order valence-corrected chi connectivity index (χ0v) is 16.1. The van der Waals surface area contributed by atoms with Gasteiger partial charge in [0.15, 0.2) is 23.2 Å². The van der Waals surface area contributed by atoms with Crippen LogP contribution in [0.25, 0.3) is 11.1 Å². The molecule has 3 aromatic carbocycles. The van der Waals surface area contributed by atoms with E-state index in [0.29, 0.717) is 24.2 Å². The Morgan fingerprint density at radius 1 is 0.833 bits per heavy atom. The molecule has 3 rings (SSSR count). The smallest absolute Gasteiger partial charge is 0.200 e. The predicted molar refractivity (Wildman–Crippen MR) is 104 cm³/mol. The first-order valence-corrected chi connectivity index (χ1v) is 9.38. The van der Waals surface area contributed by atoms with Crippen LogP contribution in [0.5, 0.6) is 11.5 Å². The summed E-state index contributed by atoms with van der Waals surface area (Å²) in [6.45, 7) is 1.58. The van der Waals surface area contributed by atoms with Gasteiger partial charge in [-0.3, -0.25) is 0 Å². The van der Waals surface area contributed by atoms with Crippen LogP contribution < -0.4 is 4.74 Å². The molecule has 3 nitrogen and oxygen atoms in total. The fourth-order valence-electron chi connectivity index (χ4n) is 3.06. The second-order valence-electron chi connectivity index (χ2n) is 6.82. The number of benzene rings is 3. The molecule has 0 aliphatic carbocycles. The molecule has 0 amide bonds. The van der Waals surface area contributed by atoms with Crippen LogP contribution in [-0.4, -0.2) is 10.2 Å². The van der Waals surface area contributed by atoms with E-state index < -0.39 is 35.1 Å². The predicted octanol–water partition coefficient (Wildman–Crippen LogP) is 6.03. The van der Waals surface area contributed by atoms with Crippen molar-refractivity contribution < 1.29 is 32.5 Å². The lowest BCUT2D eigenvalue weighted by molar-refractivity contribution is 0.160. The zero-order valence-electron chi connectivity index (χ0n) is 16.1. The van der Waals surface area contributed by atoms with Gasteiger partial charge in [-0.2, -0.15) is 4.39 Å². The van der Waals surface area contributed by atoms with Crippen LogP contribution >= 0.6 is 0 Å². The largest absolute Gasteiger partial charge is 0.505 e. The zero-order chi connectivity index (χ0) is 21.8. The monoisotopic (exact) mass is 420 g/mol. The van der Waals surface area contributed by atoms with Gasteiger partial charge in [0.1, 0.15) is 12.4 Å². The minimum atomic E-state index is -1.34. The fourth-order valence-corrected chi connectivity index (χ4v) is 3.06. The minimum Gasteiger partial charge on any atom is -0.505 e. The highest BCUT2D eigenvalue weighted by molar-refractivity contribution is 5.66. The highest BCUT2D eigenvalue weighted by atomic mass is 19.2. The molecule has 0 bridgehead atoms. The number of aromatic hydroxyl groups is 1. The molecule has 0 radical (unpaired) electrons. The van der Waals surface area contributed by atoms with Crippen LogP contribution in [0.3, 0.4) is 0 Å². The number of phenolic OH excluding ortho intramolecular Hbond substituents is 1. The number of ether oxygens (including phenoxy) is 1. The maximum Gasteiger partial charge on any atom is 0.200 e. The SMILES string of the molecule is CCCC(O)c1ccc(COc2ccc(-c3ccc(O)c(F)c3F)cc2)c(F)c1F. The van der Waals surface area contributed by atoms with Gasteiger partial charge in [-0.15, -0.1) is 0 Å². The Kier molecular flexibility index (Phi) is 6.62. The third kappa shape index (κ3) is 4.41. The molecule has 0 heterocycles. The molecule has 0 spiro atoms. The van der Waals surface area contributed by atoms with Crippen LogP contribution in [0.1, 0.15) is 37.0 Å². The van der Waals surface area contributed by atoms with E-state index in [9.17, 15) is 27.8 Å². The second kappa shape index (κ2) is 9.17. The molecule has 0 aromatic heterocycles. The molecule has 0 aliphatic heterocycles. The van der Waals surface area contributed by atoms with E-state index in [2.05, 4.69) is 0 Å². The van der Waals surface area contributed by atoms with Gasteiger partial charge in [0, 0.05) is 16.7 Å². The molecule has 0 fully saturated rings. The maximum atomic E-state index is 14.3. The van der Waals surface area contributed by atoms with Crippen molar-refractivity contribution in [1.82, 2.24) is 0 Å². The third-order valence-corrected chi connectivity index (χ3v) is 4.73. The van der Waals surface area contributed by atoms with Crippen molar-refractivity contribution in [3.63, 3.8) is 0 Å². The first kappa shape index (κ1) is 21.6. The van der Waals surface area contributed by atoms with E-state index in [4.69, 9.17) is 4.74 Å². The molecule has 1 atom stereocenters. The van der Waals surface area contributed by atoms with E-state index in [1.165, 1.54) is 42.5 Å². The highest BCUT2D eigenvalue weighted by Gasteiger charge is 2.19. The molecule has 7 heteroatoms. The number of hydrogen-bond donors (Lipinski definition) is 2. The van der Waals surface area contributed by atoms with Gasteiger partial charge in [-0.05, 0) is 36.2 Å². The van der Waals surface area contributed by atoms with Crippen molar-refractivity contribution in [2.45, 2.75) is 32.5 Å². The molecule has 0 aliphatic rings. The van der Waals surface area contributed by atoms with E-state index in [0.717, 1.165) is 6.07 Å². The normalized spacial score (nSPS) is 12.1. The van der Waals surface area contributed by atoms with Gasteiger partial charge in [0.05, 0.1) is 6.10 Å². The number of rotatable bonds is 7. The van der Waals surface area contributed by atoms with Crippen molar-refractivity contribution in [2.24, 2.45) is 0 Å². The summed E-state index contributed by atoms with van der Waals surface area (Å²) < 4.78 is 61.5. The Labute approximate surface area is 171 Å². The lowest BCUT2D eigenvalue weighted by Crippen LogP contribution is -2.07. The van der Waals surface area contributed by atoms with Crippen molar-refractivity contribution in [3.8, 4) is 22.6 Å². The summed E-state index contributed by atoms with van der Waals surface area (Å²) in [4.78, 5) is 0. The summed E-state index contributed by atoms with van der Waals surface area (Å²) in [6, 6.07) is 10.9. The van der Waals surface area contributed by atoms with Gasteiger partial charge in [0.2, 0.25) is 5.82 Å². The molecule has 158 valence electrons. The van der Waals surface area contributed by atoms with E-state index in [1.54, 1.807) is 0 Å². The summed E-state index contributed by atoms with van der Waals surface area (Å²) in [5.74, 6) is -5.16. The van der Waals surface area contributed by atoms with E-state index in [-0.39, 0.29) is 23.3 Å². The first-order chi connectivity index (χ1) is 14.3. The van der Waals surface area contributed by atoms with Crippen LogP contribution in [0, 0.1) is 23.3 Å².